The fourth-order valence-corrected chi connectivity index (χ4v) is 4.58. The van der Waals surface area contributed by atoms with E-state index in [4.69, 9.17) is 4.98 Å². The van der Waals surface area contributed by atoms with Gasteiger partial charge in [0.1, 0.15) is 0 Å². The van der Waals surface area contributed by atoms with E-state index in [0.29, 0.717) is 13.0 Å². The average molecular weight is 351 g/mol. The maximum atomic E-state index is 13.0. The molecule has 0 fully saturated rings. The van der Waals surface area contributed by atoms with E-state index >= 15 is 0 Å². The smallest absolute Gasteiger partial charge is 0.233 e. The summed E-state index contributed by atoms with van der Waals surface area (Å²) in [6, 6.07) is 8.07. The van der Waals surface area contributed by atoms with Gasteiger partial charge in [0.25, 0.3) is 0 Å². The monoisotopic (exact) mass is 351 g/mol. The predicted octanol–water partition coefficient (Wildman–Crippen LogP) is 4.26. The zero-order chi connectivity index (χ0) is 17.2. The quantitative estimate of drug-likeness (QED) is 0.698. The van der Waals surface area contributed by atoms with Crippen LogP contribution in [-0.2, 0) is 24.1 Å². The summed E-state index contributed by atoms with van der Waals surface area (Å²) in [5, 5.41) is 1.92. The molecular formula is C20H21N3OS. The molecule has 1 N–H and O–H groups in total. The summed E-state index contributed by atoms with van der Waals surface area (Å²) >= 11 is 1.67. The molecule has 0 saturated heterocycles. The first-order valence-electron chi connectivity index (χ1n) is 8.71. The number of para-hydroxylation sites is 1. The largest absolute Gasteiger partial charge is 0.361 e. The van der Waals surface area contributed by atoms with Crippen LogP contribution in [0.3, 0.4) is 0 Å². The SMILES string of the molecule is C=CCN(C(=O)Cc1c[nH]c2ccccc12)c1nc2c(s1)CCCC2. The number of thiazole rings is 1. The van der Waals surface area contributed by atoms with E-state index in [-0.39, 0.29) is 5.91 Å². The van der Waals surface area contributed by atoms with Crippen molar-refractivity contribution in [3.63, 3.8) is 0 Å². The number of carbonyl (C=O) groups is 1. The van der Waals surface area contributed by atoms with Gasteiger partial charge < -0.3 is 4.98 Å². The van der Waals surface area contributed by atoms with Crippen LogP contribution in [-0.4, -0.2) is 22.4 Å². The number of hydrogen-bond donors (Lipinski definition) is 1. The zero-order valence-electron chi connectivity index (χ0n) is 14.1. The molecule has 5 heteroatoms. The van der Waals surface area contributed by atoms with E-state index in [1.165, 1.54) is 23.4 Å². The van der Waals surface area contributed by atoms with Crippen molar-refractivity contribution in [3.8, 4) is 0 Å². The maximum Gasteiger partial charge on any atom is 0.233 e. The Bertz CT molecular complexity index is 901. The Balaban J connectivity index is 1.60. The topological polar surface area (TPSA) is 49.0 Å². The van der Waals surface area contributed by atoms with Crippen LogP contribution >= 0.6 is 11.3 Å². The van der Waals surface area contributed by atoms with Gasteiger partial charge >= 0.3 is 0 Å². The number of aryl methyl sites for hydroxylation is 2. The molecule has 1 aliphatic carbocycles. The molecule has 0 saturated carbocycles. The molecule has 3 aromatic rings. The lowest BCUT2D eigenvalue weighted by Crippen LogP contribution is -2.32. The minimum Gasteiger partial charge on any atom is -0.361 e. The third-order valence-electron chi connectivity index (χ3n) is 4.69. The molecule has 1 amide bonds. The Kier molecular flexibility index (Phi) is 4.40. The lowest BCUT2D eigenvalue weighted by Gasteiger charge is -2.17. The number of H-pyrrole nitrogens is 1. The molecule has 4 nitrogen and oxygen atoms in total. The Labute approximate surface area is 151 Å². The van der Waals surface area contributed by atoms with Gasteiger partial charge in [0, 0.05) is 28.5 Å². The summed E-state index contributed by atoms with van der Waals surface area (Å²) < 4.78 is 0. The van der Waals surface area contributed by atoms with E-state index in [1.54, 1.807) is 22.3 Å². The summed E-state index contributed by atoms with van der Waals surface area (Å²) in [6.45, 7) is 4.31. The van der Waals surface area contributed by atoms with E-state index < -0.39 is 0 Å². The summed E-state index contributed by atoms with van der Waals surface area (Å²) in [5.41, 5.74) is 3.27. The van der Waals surface area contributed by atoms with Crippen LogP contribution in [0, 0.1) is 0 Å². The molecule has 0 spiro atoms. The number of benzene rings is 1. The third kappa shape index (κ3) is 3.12. The highest BCUT2D eigenvalue weighted by atomic mass is 32.1. The predicted molar refractivity (Wildman–Crippen MR) is 103 cm³/mol. The molecule has 25 heavy (non-hydrogen) atoms. The van der Waals surface area contributed by atoms with E-state index in [1.807, 2.05) is 30.5 Å². The number of anilines is 1. The Morgan fingerprint density at radius 3 is 3.00 bits per heavy atom. The highest BCUT2D eigenvalue weighted by Gasteiger charge is 2.23. The van der Waals surface area contributed by atoms with E-state index in [0.717, 1.165) is 34.4 Å². The second-order valence-electron chi connectivity index (χ2n) is 6.40. The number of fused-ring (bicyclic) bond motifs is 2. The second-order valence-corrected chi connectivity index (χ2v) is 7.46. The first-order chi connectivity index (χ1) is 12.3. The van der Waals surface area contributed by atoms with Crippen LogP contribution in [0.4, 0.5) is 5.13 Å². The van der Waals surface area contributed by atoms with Crippen LogP contribution in [0.15, 0.2) is 43.1 Å². The minimum atomic E-state index is 0.0655. The Hall–Kier alpha value is -2.40. The van der Waals surface area contributed by atoms with Crippen molar-refractivity contribution in [3.05, 3.63) is 59.3 Å². The van der Waals surface area contributed by atoms with Crippen LogP contribution in [0.2, 0.25) is 0 Å². The molecule has 0 aliphatic heterocycles. The van der Waals surface area contributed by atoms with Crippen LogP contribution < -0.4 is 4.90 Å². The standard InChI is InChI=1S/C20H21N3OS/c1-2-11-23(20-22-17-9-5-6-10-18(17)25-20)19(24)12-14-13-21-16-8-4-3-7-15(14)16/h2-4,7-8,13,21H,1,5-6,9-12H2. The number of aromatic amines is 1. The summed E-state index contributed by atoms with van der Waals surface area (Å²) in [7, 11) is 0. The second kappa shape index (κ2) is 6.84. The van der Waals surface area contributed by atoms with Gasteiger partial charge in [-0.05, 0) is 37.3 Å². The average Bonchev–Trinajstić information content (AvgIpc) is 3.24. The van der Waals surface area contributed by atoms with Gasteiger partial charge in [-0.15, -0.1) is 17.9 Å². The van der Waals surface area contributed by atoms with Gasteiger partial charge in [0.2, 0.25) is 5.91 Å². The van der Waals surface area contributed by atoms with Crippen molar-refractivity contribution in [1.82, 2.24) is 9.97 Å². The fraction of sp³-hybridized carbons (Fsp3) is 0.300. The van der Waals surface area contributed by atoms with Crippen molar-refractivity contribution in [1.29, 1.82) is 0 Å². The number of aromatic nitrogens is 2. The number of carbonyl (C=O) groups excluding carboxylic acids is 1. The van der Waals surface area contributed by atoms with Crippen molar-refractivity contribution < 1.29 is 4.79 Å². The van der Waals surface area contributed by atoms with Crippen molar-refractivity contribution in [2.75, 3.05) is 11.4 Å². The number of hydrogen-bond acceptors (Lipinski definition) is 3. The summed E-state index contributed by atoms with van der Waals surface area (Å²) in [4.78, 5) is 24.1. The van der Waals surface area contributed by atoms with Crippen molar-refractivity contribution in [2.24, 2.45) is 0 Å². The molecule has 0 unspecified atom stereocenters. The zero-order valence-corrected chi connectivity index (χ0v) is 14.9. The van der Waals surface area contributed by atoms with Crippen molar-refractivity contribution in [2.45, 2.75) is 32.1 Å². The highest BCUT2D eigenvalue weighted by Crippen LogP contribution is 2.32. The first-order valence-corrected chi connectivity index (χ1v) is 9.52. The lowest BCUT2D eigenvalue weighted by atomic mass is 10.0. The number of nitrogens with zero attached hydrogens (tertiary/aromatic N) is 2. The minimum absolute atomic E-state index is 0.0655. The Morgan fingerprint density at radius 1 is 1.32 bits per heavy atom. The molecule has 2 heterocycles. The number of amides is 1. The van der Waals surface area contributed by atoms with Gasteiger partial charge in [0.15, 0.2) is 5.13 Å². The number of nitrogens with one attached hydrogen (secondary N) is 1. The third-order valence-corrected chi connectivity index (χ3v) is 5.88. The van der Waals surface area contributed by atoms with Gasteiger partial charge in [0.05, 0.1) is 12.1 Å². The van der Waals surface area contributed by atoms with Crippen LogP contribution in [0.25, 0.3) is 10.9 Å². The molecule has 0 atom stereocenters. The lowest BCUT2D eigenvalue weighted by molar-refractivity contribution is -0.117. The molecule has 4 rings (SSSR count). The number of rotatable bonds is 5. The fourth-order valence-electron chi connectivity index (χ4n) is 3.41. The highest BCUT2D eigenvalue weighted by molar-refractivity contribution is 7.16. The molecule has 0 bridgehead atoms. The normalized spacial score (nSPS) is 13.6. The van der Waals surface area contributed by atoms with Crippen molar-refractivity contribution >= 4 is 33.3 Å². The van der Waals surface area contributed by atoms with E-state index in [2.05, 4.69) is 11.6 Å². The summed E-state index contributed by atoms with van der Waals surface area (Å²) in [5.74, 6) is 0.0655. The van der Waals surface area contributed by atoms with Gasteiger partial charge in [-0.3, -0.25) is 9.69 Å². The van der Waals surface area contributed by atoms with Gasteiger partial charge in [-0.2, -0.15) is 0 Å². The molecule has 1 aromatic carbocycles. The van der Waals surface area contributed by atoms with Crippen LogP contribution in [0.1, 0.15) is 29.0 Å². The van der Waals surface area contributed by atoms with Gasteiger partial charge in [-0.25, -0.2) is 4.98 Å². The van der Waals surface area contributed by atoms with E-state index in [9.17, 15) is 4.79 Å². The molecule has 2 aromatic heterocycles. The molecule has 128 valence electrons. The maximum absolute atomic E-state index is 13.0. The molecule has 1 aliphatic rings. The van der Waals surface area contributed by atoms with Crippen LogP contribution in [0.5, 0.6) is 0 Å². The molecular weight excluding hydrogens is 330 g/mol. The first kappa shape index (κ1) is 16.1. The molecule has 0 radical (unpaired) electrons. The van der Waals surface area contributed by atoms with Gasteiger partial charge in [-0.1, -0.05) is 24.3 Å². The Morgan fingerprint density at radius 2 is 2.16 bits per heavy atom. The summed E-state index contributed by atoms with van der Waals surface area (Å²) in [6.07, 6.45) is 8.60.